The average molecular weight is 302 g/mol. The van der Waals surface area contributed by atoms with Crippen LogP contribution in [-0.2, 0) is 5.60 Å². The summed E-state index contributed by atoms with van der Waals surface area (Å²) in [7, 11) is 0. The third kappa shape index (κ3) is 2.81. The number of aliphatic hydroxyl groups is 1. The largest absolute Gasteiger partial charge is 0.466 e. The average Bonchev–Trinajstić information content (AvgIpc) is 3.13. The summed E-state index contributed by atoms with van der Waals surface area (Å²) in [6.07, 6.45) is 1.49. The van der Waals surface area contributed by atoms with E-state index in [1.807, 2.05) is 24.3 Å². The first-order chi connectivity index (χ1) is 10.1. The molecule has 6 heteroatoms. The zero-order valence-electron chi connectivity index (χ0n) is 11.4. The van der Waals surface area contributed by atoms with Crippen LogP contribution in [0.2, 0.25) is 0 Å². The van der Waals surface area contributed by atoms with Gasteiger partial charge < -0.3 is 14.8 Å². The fraction of sp³-hybridized carbons (Fsp3) is 0.200. The van der Waals surface area contributed by atoms with Crippen molar-refractivity contribution in [3.05, 3.63) is 53.4 Å². The Balaban J connectivity index is 1.72. The second kappa shape index (κ2) is 5.31. The van der Waals surface area contributed by atoms with E-state index in [0.717, 1.165) is 10.2 Å². The van der Waals surface area contributed by atoms with E-state index >= 15 is 0 Å². The molecule has 1 atom stereocenters. The number of nitrogens with zero attached hydrogens (tertiary/aromatic N) is 1. The third-order valence-electron chi connectivity index (χ3n) is 3.13. The number of aromatic nitrogens is 1. The zero-order valence-corrected chi connectivity index (χ0v) is 12.2. The van der Waals surface area contributed by atoms with Crippen molar-refractivity contribution in [2.24, 2.45) is 0 Å². The molecule has 0 aliphatic heterocycles. The molecular weight excluding hydrogens is 288 g/mol. The van der Waals surface area contributed by atoms with E-state index < -0.39 is 5.60 Å². The predicted molar refractivity (Wildman–Crippen MR) is 80.2 cm³/mol. The van der Waals surface area contributed by atoms with E-state index in [4.69, 9.17) is 4.42 Å². The number of fused-ring (bicyclic) bond motifs is 1. The first-order valence-corrected chi connectivity index (χ1v) is 7.28. The Kier molecular flexibility index (Phi) is 3.48. The number of carbonyl (C=O) groups excluding carboxylic acids is 1. The van der Waals surface area contributed by atoms with Gasteiger partial charge in [0.25, 0.3) is 5.91 Å². The Labute approximate surface area is 125 Å². The molecular formula is C15H14N2O3S. The SMILES string of the molecule is CC(O)(CNC(=O)c1nc2ccccc2s1)c1ccco1. The van der Waals surface area contributed by atoms with Gasteiger partial charge in [0.1, 0.15) is 11.4 Å². The van der Waals surface area contributed by atoms with Crippen LogP contribution in [0, 0.1) is 0 Å². The molecule has 2 N–H and O–H groups in total. The Hall–Kier alpha value is -2.18. The highest BCUT2D eigenvalue weighted by Crippen LogP contribution is 2.22. The summed E-state index contributed by atoms with van der Waals surface area (Å²) in [6, 6.07) is 10.9. The van der Waals surface area contributed by atoms with Crippen LogP contribution in [0.1, 0.15) is 22.5 Å². The van der Waals surface area contributed by atoms with Gasteiger partial charge in [0.05, 0.1) is 23.0 Å². The summed E-state index contributed by atoms with van der Waals surface area (Å²) in [5, 5.41) is 13.4. The standard InChI is InChI=1S/C15H14N2O3S/c1-15(19,12-7-4-8-20-12)9-16-13(18)14-17-10-5-2-3-6-11(10)21-14/h2-8,19H,9H2,1H3,(H,16,18). The minimum absolute atomic E-state index is 0.0509. The molecule has 0 spiro atoms. The van der Waals surface area contributed by atoms with Gasteiger partial charge in [-0.2, -0.15) is 0 Å². The van der Waals surface area contributed by atoms with E-state index in [9.17, 15) is 9.90 Å². The van der Waals surface area contributed by atoms with Gasteiger partial charge in [-0.05, 0) is 31.2 Å². The first kappa shape index (κ1) is 13.8. The lowest BCUT2D eigenvalue weighted by atomic mass is 10.0. The quantitative estimate of drug-likeness (QED) is 0.776. The van der Waals surface area contributed by atoms with Crippen LogP contribution in [0.5, 0.6) is 0 Å². The maximum absolute atomic E-state index is 12.1. The Morgan fingerprint density at radius 2 is 2.19 bits per heavy atom. The van der Waals surface area contributed by atoms with E-state index in [-0.39, 0.29) is 12.5 Å². The molecule has 1 aromatic carbocycles. The Bertz CT molecular complexity index is 729. The molecule has 0 bridgehead atoms. The third-order valence-corrected chi connectivity index (χ3v) is 4.17. The van der Waals surface area contributed by atoms with Crippen molar-refractivity contribution in [2.75, 3.05) is 6.54 Å². The Morgan fingerprint density at radius 1 is 1.38 bits per heavy atom. The van der Waals surface area contributed by atoms with Crippen molar-refractivity contribution in [1.29, 1.82) is 0 Å². The topological polar surface area (TPSA) is 75.4 Å². The molecule has 0 saturated heterocycles. The van der Waals surface area contributed by atoms with E-state index in [0.29, 0.717) is 10.8 Å². The lowest BCUT2D eigenvalue weighted by Crippen LogP contribution is -2.38. The molecule has 3 rings (SSSR count). The van der Waals surface area contributed by atoms with Crippen LogP contribution in [0.3, 0.4) is 0 Å². The first-order valence-electron chi connectivity index (χ1n) is 6.46. The molecule has 1 amide bonds. The molecule has 0 radical (unpaired) electrons. The molecule has 0 aliphatic carbocycles. The fourth-order valence-corrected chi connectivity index (χ4v) is 2.85. The minimum Gasteiger partial charge on any atom is -0.466 e. The summed E-state index contributed by atoms with van der Waals surface area (Å²) in [5.41, 5.74) is -0.457. The molecule has 2 heterocycles. The van der Waals surface area contributed by atoms with Crippen molar-refractivity contribution in [1.82, 2.24) is 10.3 Å². The van der Waals surface area contributed by atoms with Crippen LogP contribution < -0.4 is 5.32 Å². The van der Waals surface area contributed by atoms with Gasteiger partial charge in [-0.15, -0.1) is 11.3 Å². The molecule has 5 nitrogen and oxygen atoms in total. The number of carbonyl (C=O) groups is 1. The Morgan fingerprint density at radius 3 is 2.90 bits per heavy atom. The van der Waals surface area contributed by atoms with E-state index in [1.165, 1.54) is 17.6 Å². The van der Waals surface area contributed by atoms with Crippen LogP contribution in [0.4, 0.5) is 0 Å². The van der Waals surface area contributed by atoms with E-state index in [2.05, 4.69) is 10.3 Å². The van der Waals surface area contributed by atoms with Crippen LogP contribution in [0.15, 0.2) is 47.1 Å². The molecule has 1 unspecified atom stereocenters. The van der Waals surface area contributed by atoms with Crippen LogP contribution >= 0.6 is 11.3 Å². The summed E-state index contributed by atoms with van der Waals surface area (Å²) in [5.74, 6) is 0.107. The molecule has 21 heavy (non-hydrogen) atoms. The lowest BCUT2D eigenvalue weighted by molar-refractivity contribution is 0.0330. The number of hydrogen-bond donors (Lipinski definition) is 2. The van der Waals surface area contributed by atoms with Gasteiger partial charge in [0, 0.05) is 0 Å². The number of rotatable bonds is 4. The number of furan rings is 1. The van der Waals surface area contributed by atoms with Crippen molar-refractivity contribution < 1.29 is 14.3 Å². The zero-order chi connectivity index (χ0) is 14.9. The second-order valence-corrected chi connectivity index (χ2v) is 5.95. The number of thiazole rings is 1. The minimum atomic E-state index is -1.25. The molecule has 0 saturated carbocycles. The lowest BCUT2D eigenvalue weighted by Gasteiger charge is -2.20. The number of para-hydroxylation sites is 1. The summed E-state index contributed by atoms with van der Waals surface area (Å²) in [4.78, 5) is 16.4. The maximum atomic E-state index is 12.1. The van der Waals surface area contributed by atoms with Crippen LogP contribution in [0.25, 0.3) is 10.2 Å². The highest BCUT2D eigenvalue weighted by molar-refractivity contribution is 7.20. The maximum Gasteiger partial charge on any atom is 0.280 e. The molecule has 2 aromatic heterocycles. The number of hydrogen-bond acceptors (Lipinski definition) is 5. The van der Waals surface area contributed by atoms with Gasteiger partial charge >= 0.3 is 0 Å². The van der Waals surface area contributed by atoms with Gasteiger partial charge in [0.2, 0.25) is 0 Å². The fourth-order valence-electron chi connectivity index (χ4n) is 1.97. The normalized spacial score (nSPS) is 14.0. The monoisotopic (exact) mass is 302 g/mol. The molecule has 0 fully saturated rings. The van der Waals surface area contributed by atoms with Gasteiger partial charge in [-0.25, -0.2) is 4.98 Å². The summed E-state index contributed by atoms with van der Waals surface area (Å²) in [6.45, 7) is 1.64. The highest BCUT2D eigenvalue weighted by atomic mass is 32.1. The summed E-state index contributed by atoms with van der Waals surface area (Å²) < 4.78 is 6.13. The van der Waals surface area contributed by atoms with Crippen molar-refractivity contribution in [3.8, 4) is 0 Å². The molecule has 3 aromatic rings. The predicted octanol–water partition coefficient (Wildman–Crippen LogP) is 2.53. The second-order valence-electron chi connectivity index (χ2n) is 4.92. The van der Waals surface area contributed by atoms with Gasteiger partial charge in [-0.1, -0.05) is 12.1 Å². The summed E-state index contributed by atoms with van der Waals surface area (Å²) >= 11 is 1.33. The van der Waals surface area contributed by atoms with Crippen LogP contribution in [-0.4, -0.2) is 22.5 Å². The number of benzene rings is 1. The van der Waals surface area contributed by atoms with Crippen molar-refractivity contribution >= 4 is 27.5 Å². The van der Waals surface area contributed by atoms with Gasteiger partial charge in [0.15, 0.2) is 5.01 Å². The van der Waals surface area contributed by atoms with Crippen molar-refractivity contribution in [3.63, 3.8) is 0 Å². The number of nitrogens with one attached hydrogen (secondary N) is 1. The molecule has 0 aliphatic rings. The number of amides is 1. The smallest absolute Gasteiger partial charge is 0.280 e. The van der Waals surface area contributed by atoms with Gasteiger partial charge in [-0.3, -0.25) is 4.79 Å². The van der Waals surface area contributed by atoms with Crippen molar-refractivity contribution in [2.45, 2.75) is 12.5 Å². The van der Waals surface area contributed by atoms with E-state index in [1.54, 1.807) is 19.1 Å². The highest BCUT2D eigenvalue weighted by Gasteiger charge is 2.27. The molecule has 108 valence electrons.